The molecule has 0 amide bonds. The van der Waals surface area contributed by atoms with Crippen molar-refractivity contribution in [1.29, 1.82) is 0 Å². The van der Waals surface area contributed by atoms with E-state index in [9.17, 15) is 0 Å². The van der Waals surface area contributed by atoms with Crippen molar-refractivity contribution in [2.75, 3.05) is 0 Å². The summed E-state index contributed by atoms with van der Waals surface area (Å²) in [5, 5.41) is 4.32. The Morgan fingerprint density at radius 3 is 2.57 bits per heavy atom. The number of thiocarbonyl (C=S) groups is 1. The van der Waals surface area contributed by atoms with Gasteiger partial charge in [0.1, 0.15) is 0 Å². The lowest BCUT2D eigenvalue weighted by Crippen LogP contribution is -2.25. The fourth-order valence-electron chi connectivity index (χ4n) is 0.900. The first kappa shape index (κ1) is 10.9. The first-order chi connectivity index (χ1) is 6.74. The summed E-state index contributed by atoms with van der Waals surface area (Å²) in [5.41, 5.74) is 4.49. The highest BCUT2D eigenvalue weighted by Gasteiger charge is 1.95. The summed E-state index contributed by atoms with van der Waals surface area (Å²) >= 11 is 10.0. The van der Waals surface area contributed by atoms with Crippen molar-refractivity contribution >= 4 is 34.8 Å². The van der Waals surface area contributed by atoms with Crippen LogP contribution in [0.1, 0.15) is 12.5 Å². The number of hydrogen-bond donors (Lipinski definition) is 2. The minimum Gasteiger partial charge on any atom is -0.274 e. The van der Waals surface area contributed by atoms with Crippen molar-refractivity contribution in [3.8, 4) is 0 Å². The van der Waals surface area contributed by atoms with E-state index < -0.39 is 0 Å². The molecule has 0 heterocycles. The van der Waals surface area contributed by atoms with Crippen molar-refractivity contribution in [2.45, 2.75) is 6.92 Å². The highest BCUT2D eigenvalue weighted by atomic mass is 35.5. The van der Waals surface area contributed by atoms with Crippen LogP contribution < -0.4 is 10.3 Å². The van der Waals surface area contributed by atoms with E-state index in [0.29, 0.717) is 0 Å². The molecule has 2 N–H and O–H groups in total. The number of rotatable bonds is 2. The quantitative estimate of drug-likeness (QED) is 0.351. The molecule has 0 fully saturated rings. The molecule has 74 valence electrons. The van der Waals surface area contributed by atoms with E-state index >= 15 is 0 Å². The maximum atomic E-state index is 5.26. The molecule has 1 aromatic carbocycles. The number of nitrogens with zero attached hydrogens (tertiary/aromatic N) is 1. The second-order valence-corrected chi connectivity index (χ2v) is 3.20. The molecular weight excluding hydrogens is 218 g/mol. The Bertz CT molecular complexity index is 337. The molecule has 5 heteroatoms. The molecule has 0 saturated heterocycles. The second kappa shape index (κ2) is 5.57. The Hall–Kier alpha value is -1.13. The molecule has 0 aliphatic heterocycles. The first-order valence-corrected chi connectivity index (χ1v) is 4.79. The Balaban J connectivity index is 2.66. The van der Waals surface area contributed by atoms with E-state index in [4.69, 9.17) is 24.0 Å². The smallest absolute Gasteiger partial charge is 0.201 e. The minimum atomic E-state index is 0.280. The average Bonchev–Trinajstić information content (AvgIpc) is 2.26. The van der Waals surface area contributed by atoms with Gasteiger partial charge in [0, 0.05) is 11.8 Å². The summed E-state index contributed by atoms with van der Waals surface area (Å²) in [7, 11) is 0. The minimum absolute atomic E-state index is 0.280. The molecule has 0 aliphatic rings. The molecule has 0 atom stereocenters. The van der Waals surface area contributed by atoms with Gasteiger partial charge in [0.15, 0.2) is 0 Å². The van der Waals surface area contributed by atoms with Crippen LogP contribution in [-0.4, -0.2) is 10.8 Å². The maximum absolute atomic E-state index is 5.26. The third-order valence-electron chi connectivity index (χ3n) is 1.60. The van der Waals surface area contributed by atoms with Crippen LogP contribution in [0.2, 0.25) is 0 Å². The summed E-state index contributed by atoms with van der Waals surface area (Å²) < 4.78 is 0. The highest BCUT2D eigenvalue weighted by Crippen LogP contribution is 1.99. The predicted octanol–water partition coefficient (Wildman–Crippen LogP) is 2.03. The van der Waals surface area contributed by atoms with Crippen LogP contribution in [0.4, 0.5) is 0 Å². The molecule has 3 nitrogen and oxygen atoms in total. The van der Waals surface area contributed by atoms with E-state index in [-0.39, 0.29) is 5.11 Å². The SMILES string of the molecule is C/C(=N/NC(=S)NCl)c1ccccc1. The zero-order chi connectivity index (χ0) is 10.4. The Morgan fingerprint density at radius 2 is 2.00 bits per heavy atom. The van der Waals surface area contributed by atoms with Crippen LogP contribution in [0.5, 0.6) is 0 Å². The summed E-state index contributed by atoms with van der Waals surface area (Å²) in [6.07, 6.45) is 0. The standard InChI is InChI=1S/C9H10ClN3S/c1-7(12-13-9(14)11-10)8-5-3-2-4-6-8/h2-6H,1H3,(H2,11,13,14)/b12-7-. The lowest BCUT2D eigenvalue weighted by Gasteiger charge is -2.02. The second-order valence-electron chi connectivity index (χ2n) is 2.60. The first-order valence-electron chi connectivity index (χ1n) is 4.00. The zero-order valence-corrected chi connectivity index (χ0v) is 9.19. The third-order valence-corrected chi connectivity index (χ3v) is 2.10. The van der Waals surface area contributed by atoms with Crippen LogP contribution >= 0.6 is 24.0 Å². The molecule has 1 rings (SSSR count). The number of hydrogen-bond acceptors (Lipinski definition) is 2. The highest BCUT2D eigenvalue weighted by molar-refractivity contribution is 7.80. The lowest BCUT2D eigenvalue weighted by molar-refractivity contribution is 1.01. The van der Waals surface area contributed by atoms with E-state index in [1.807, 2.05) is 37.3 Å². The molecule has 0 bridgehead atoms. The molecule has 0 saturated carbocycles. The molecule has 0 spiro atoms. The zero-order valence-electron chi connectivity index (χ0n) is 7.62. The summed E-state index contributed by atoms with van der Waals surface area (Å²) in [6, 6.07) is 9.80. The van der Waals surface area contributed by atoms with Crippen LogP contribution in [-0.2, 0) is 0 Å². The van der Waals surface area contributed by atoms with Gasteiger partial charge < -0.3 is 0 Å². The predicted molar refractivity (Wildman–Crippen MR) is 63.4 cm³/mol. The average molecular weight is 228 g/mol. The monoisotopic (exact) mass is 227 g/mol. The van der Waals surface area contributed by atoms with Crippen molar-refractivity contribution in [3.05, 3.63) is 35.9 Å². The summed E-state index contributed by atoms with van der Waals surface area (Å²) in [4.78, 5) is 2.26. The number of hydrazone groups is 1. The van der Waals surface area contributed by atoms with Gasteiger partial charge in [-0.05, 0) is 24.7 Å². The van der Waals surface area contributed by atoms with Crippen LogP contribution in [0.15, 0.2) is 35.4 Å². The summed E-state index contributed by atoms with van der Waals surface area (Å²) in [5.74, 6) is 0. The summed E-state index contributed by atoms with van der Waals surface area (Å²) in [6.45, 7) is 1.89. The van der Waals surface area contributed by atoms with Gasteiger partial charge in [-0.15, -0.1) is 0 Å². The van der Waals surface area contributed by atoms with Gasteiger partial charge >= 0.3 is 0 Å². The number of halogens is 1. The molecule has 0 unspecified atom stereocenters. The Labute approximate surface area is 93.3 Å². The van der Waals surface area contributed by atoms with Gasteiger partial charge in [0.25, 0.3) is 0 Å². The van der Waals surface area contributed by atoms with Gasteiger partial charge in [-0.3, -0.25) is 10.3 Å². The topological polar surface area (TPSA) is 36.4 Å². The third kappa shape index (κ3) is 3.32. The largest absolute Gasteiger partial charge is 0.274 e. The normalized spacial score (nSPS) is 10.9. The molecule has 0 aliphatic carbocycles. The van der Waals surface area contributed by atoms with Crippen molar-refractivity contribution in [2.24, 2.45) is 5.10 Å². The van der Waals surface area contributed by atoms with Gasteiger partial charge in [-0.25, -0.2) is 0 Å². The Morgan fingerprint density at radius 1 is 1.36 bits per heavy atom. The fraction of sp³-hybridized carbons (Fsp3) is 0.111. The molecule has 14 heavy (non-hydrogen) atoms. The molecule has 0 radical (unpaired) electrons. The van der Waals surface area contributed by atoms with Crippen molar-refractivity contribution in [3.63, 3.8) is 0 Å². The van der Waals surface area contributed by atoms with Gasteiger partial charge in [0.05, 0.1) is 5.71 Å². The number of benzene rings is 1. The van der Waals surface area contributed by atoms with Crippen LogP contribution in [0, 0.1) is 0 Å². The Kier molecular flexibility index (Phi) is 4.35. The molecule has 0 aromatic heterocycles. The van der Waals surface area contributed by atoms with E-state index in [1.165, 1.54) is 0 Å². The van der Waals surface area contributed by atoms with Gasteiger partial charge in [-0.2, -0.15) is 5.10 Å². The molecule has 1 aromatic rings. The number of nitrogens with one attached hydrogen (secondary N) is 2. The van der Waals surface area contributed by atoms with Gasteiger partial charge in [0.2, 0.25) is 5.11 Å². The van der Waals surface area contributed by atoms with E-state index in [0.717, 1.165) is 11.3 Å². The molecular formula is C9H10ClN3S. The van der Waals surface area contributed by atoms with Crippen molar-refractivity contribution in [1.82, 2.24) is 10.3 Å². The van der Waals surface area contributed by atoms with Gasteiger partial charge in [-0.1, -0.05) is 30.3 Å². The van der Waals surface area contributed by atoms with Crippen LogP contribution in [0.25, 0.3) is 0 Å². The van der Waals surface area contributed by atoms with Crippen LogP contribution in [0.3, 0.4) is 0 Å². The maximum Gasteiger partial charge on any atom is 0.201 e. The lowest BCUT2D eigenvalue weighted by atomic mass is 10.1. The fourth-order valence-corrected chi connectivity index (χ4v) is 0.988. The van der Waals surface area contributed by atoms with Crippen molar-refractivity contribution < 1.29 is 0 Å². The van der Waals surface area contributed by atoms with E-state index in [1.54, 1.807) is 0 Å². The van der Waals surface area contributed by atoms with E-state index in [2.05, 4.69) is 15.4 Å².